The zero-order valence-electron chi connectivity index (χ0n) is 16.0. The van der Waals surface area contributed by atoms with Crippen molar-refractivity contribution < 1.29 is 4.79 Å². The van der Waals surface area contributed by atoms with Crippen LogP contribution in [0.1, 0.15) is 56.9 Å². The molecule has 0 aromatic carbocycles. The summed E-state index contributed by atoms with van der Waals surface area (Å²) in [4.78, 5) is 21.6. The van der Waals surface area contributed by atoms with Gasteiger partial charge in [-0.1, -0.05) is 25.3 Å². The van der Waals surface area contributed by atoms with Crippen molar-refractivity contribution in [3.05, 3.63) is 30.1 Å². The molecule has 0 bridgehead atoms. The normalized spacial score (nSPS) is 24.2. The van der Waals surface area contributed by atoms with E-state index in [2.05, 4.69) is 14.8 Å². The van der Waals surface area contributed by atoms with Gasteiger partial charge in [0.15, 0.2) is 0 Å². The van der Waals surface area contributed by atoms with Crippen LogP contribution in [0.2, 0.25) is 0 Å². The van der Waals surface area contributed by atoms with Crippen LogP contribution in [0.4, 0.5) is 0 Å². The number of hydrogen-bond donors (Lipinski definition) is 0. The summed E-state index contributed by atoms with van der Waals surface area (Å²) in [7, 11) is 0. The smallest absolute Gasteiger partial charge is 0.227 e. The van der Waals surface area contributed by atoms with E-state index in [-0.39, 0.29) is 5.91 Å². The number of carbonyl (C=O) groups excluding carboxylic acids is 1. The first-order chi connectivity index (χ1) is 12.7. The van der Waals surface area contributed by atoms with Gasteiger partial charge in [-0.15, -0.1) is 0 Å². The van der Waals surface area contributed by atoms with Crippen molar-refractivity contribution in [3.63, 3.8) is 0 Å². The summed E-state index contributed by atoms with van der Waals surface area (Å²) in [5, 5.41) is 0. The summed E-state index contributed by atoms with van der Waals surface area (Å²) in [6, 6.07) is 3.91. The molecule has 0 radical (unpaired) electrons. The number of carbonyl (C=O) groups is 1. The van der Waals surface area contributed by atoms with Gasteiger partial charge in [-0.3, -0.25) is 9.78 Å². The Morgan fingerprint density at radius 3 is 2.62 bits per heavy atom. The van der Waals surface area contributed by atoms with Gasteiger partial charge in [0.1, 0.15) is 0 Å². The van der Waals surface area contributed by atoms with Crippen LogP contribution in [0.15, 0.2) is 24.5 Å². The van der Waals surface area contributed by atoms with E-state index < -0.39 is 0 Å². The van der Waals surface area contributed by atoms with Crippen molar-refractivity contribution in [1.82, 2.24) is 14.8 Å². The average Bonchev–Trinajstić information content (AvgIpc) is 3.10. The third-order valence-corrected chi connectivity index (χ3v) is 7.03. The van der Waals surface area contributed by atoms with E-state index in [9.17, 15) is 4.79 Å². The molecule has 1 aliphatic carbocycles. The molecule has 4 rings (SSSR count). The van der Waals surface area contributed by atoms with Crippen molar-refractivity contribution in [2.75, 3.05) is 32.7 Å². The second-order valence-electron chi connectivity index (χ2n) is 8.91. The average molecular weight is 356 g/mol. The van der Waals surface area contributed by atoms with Crippen LogP contribution < -0.4 is 0 Å². The Morgan fingerprint density at radius 2 is 1.88 bits per heavy atom. The molecule has 142 valence electrons. The molecule has 2 aliphatic heterocycles. The standard InChI is InChI=1S/C22H33N3O/c26-21(15-20-7-4-11-23-16-20)25-14-10-22(18-25)8-12-24(13-9-22)17-19-5-2-1-3-6-19/h4,7,11,16,19H,1-3,5-6,8-10,12-15,17-18H2. The summed E-state index contributed by atoms with van der Waals surface area (Å²) in [5.41, 5.74) is 1.42. The lowest BCUT2D eigenvalue weighted by Crippen LogP contribution is -2.44. The Bertz CT molecular complexity index is 589. The van der Waals surface area contributed by atoms with Gasteiger partial charge in [0.05, 0.1) is 6.42 Å². The van der Waals surface area contributed by atoms with Gasteiger partial charge in [0.25, 0.3) is 0 Å². The number of hydrogen-bond acceptors (Lipinski definition) is 3. The third-order valence-electron chi connectivity index (χ3n) is 7.03. The fourth-order valence-electron chi connectivity index (χ4n) is 5.29. The van der Waals surface area contributed by atoms with Crippen LogP contribution in [0, 0.1) is 11.3 Å². The number of piperidine rings is 1. The number of pyridine rings is 1. The summed E-state index contributed by atoms with van der Waals surface area (Å²) >= 11 is 0. The molecular formula is C22H33N3O. The molecule has 1 aromatic heterocycles. The van der Waals surface area contributed by atoms with Gasteiger partial charge in [0, 0.05) is 32.0 Å². The molecular weight excluding hydrogens is 322 g/mol. The summed E-state index contributed by atoms with van der Waals surface area (Å²) in [6.07, 6.45) is 15.0. The molecule has 1 amide bonds. The van der Waals surface area contributed by atoms with Crippen LogP contribution in [0.3, 0.4) is 0 Å². The molecule has 3 aliphatic rings. The van der Waals surface area contributed by atoms with E-state index in [1.807, 2.05) is 18.3 Å². The topological polar surface area (TPSA) is 36.4 Å². The molecule has 3 heterocycles. The number of rotatable bonds is 4. The summed E-state index contributed by atoms with van der Waals surface area (Å²) in [6.45, 7) is 5.72. The SMILES string of the molecule is O=C(Cc1cccnc1)N1CCC2(CCN(CC3CCCCC3)CC2)C1. The van der Waals surface area contributed by atoms with Crippen LogP contribution in [0.5, 0.6) is 0 Å². The first kappa shape index (κ1) is 18.0. The minimum Gasteiger partial charge on any atom is -0.342 e. The van der Waals surface area contributed by atoms with Crippen molar-refractivity contribution in [2.45, 2.75) is 57.8 Å². The van der Waals surface area contributed by atoms with Crippen LogP contribution >= 0.6 is 0 Å². The Hall–Kier alpha value is -1.42. The predicted molar refractivity (Wildman–Crippen MR) is 104 cm³/mol. The molecule has 26 heavy (non-hydrogen) atoms. The molecule has 3 fully saturated rings. The Balaban J connectivity index is 1.25. The van der Waals surface area contributed by atoms with Crippen molar-refractivity contribution in [2.24, 2.45) is 11.3 Å². The lowest BCUT2D eigenvalue weighted by Gasteiger charge is -2.41. The first-order valence-corrected chi connectivity index (χ1v) is 10.6. The Labute approximate surface area is 158 Å². The highest BCUT2D eigenvalue weighted by molar-refractivity contribution is 5.79. The monoisotopic (exact) mass is 355 g/mol. The highest BCUT2D eigenvalue weighted by Gasteiger charge is 2.42. The van der Waals surface area contributed by atoms with Gasteiger partial charge in [-0.05, 0) is 68.2 Å². The quantitative estimate of drug-likeness (QED) is 0.829. The van der Waals surface area contributed by atoms with Crippen molar-refractivity contribution in [1.29, 1.82) is 0 Å². The number of nitrogens with zero attached hydrogens (tertiary/aromatic N) is 3. The van der Waals surface area contributed by atoms with Crippen molar-refractivity contribution >= 4 is 5.91 Å². The zero-order valence-corrected chi connectivity index (χ0v) is 16.0. The van der Waals surface area contributed by atoms with E-state index in [0.29, 0.717) is 11.8 Å². The van der Waals surface area contributed by atoms with E-state index in [1.54, 1.807) is 6.20 Å². The molecule has 4 nitrogen and oxygen atoms in total. The summed E-state index contributed by atoms with van der Waals surface area (Å²) in [5.74, 6) is 1.22. The molecule has 0 N–H and O–H groups in total. The highest BCUT2D eigenvalue weighted by atomic mass is 16.2. The number of aromatic nitrogens is 1. The molecule has 2 saturated heterocycles. The number of amides is 1. The Morgan fingerprint density at radius 1 is 1.12 bits per heavy atom. The van der Waals surface area contributed by atoms with Crippen LogP contribution in [-0.2, 0) is 11.2 Å². The first-order valence-electron chi connectivity index (χ1n) is 10.6. The largest absolute Gasteiger partial charge is 0.342 e. The lowest BCUT2D eigenvalue weighted by atomic mass is 9.77. The lowest BCUT2D eigenvalue weighted by molar-refractivity contribution is -0.130. The van der Waals surface area contributed by atoms with E-state index in [1.165, 1.54) is 71.0 Å². The van der Waals surface area contributed by atoms with E-state index in [0.717, 1.165) is 24.6 Å². The molecule has 0 atom stereocenters. The van der Waals surface area contributed by atoms with Crippen molar-refractivity contribution in [3.8, 4) is 0 Å². The zero-order chi connectivity index (χ0) is 17.8. The Kier molecular flexibility index (Phi) is 5.58. The highest BCUT2D eigenvalue weighted by Crippen LogP contribution is 2.41. The van der Waals surface area contributed by atoms with E-state index >= 15 is 0 Å². The second-order valence-corrected chi connectivity index (χ2v) is 8.91. The molecule has 0 unspecified atom stereocenters. The fourth-order valence-corrected chi connectivity index (χ4v) is 5.29. The van der Waals surface area contributed by atoms with Gasteiger partial charge in [0.2, 0.25) is 5.91 Å². The summed E-state index contributed by atoms with van der Waals surface area (Å²) < 4.78 is 0. The van der Waals surface area contributed by atoms with Gasteiger partial charge >= 0.3 is 0 Å². The predicted octanol–water partition coefficient (Wildman–Crippen LogP) is 3.52. The van der Waals surface area contributed by atoms with Gasteiger partial charge in [-0.2, -0.15) is 0 Å². The molecule has 4 heteroatoms. The minimum atomic E-state index is 0.277. The van der Waals surface area contributed by atoms with E-state index in [4.69, 9.17) is 0 Å². The maximum atomic E-state index is 12.7. The second kappa shape index (κ2) is 8.08. The maximum absolute atomic E-state index is 12.7. The minimum absolute atomic E-state index is 0.277. The van der Waals surface area contributed by atoms with Gasteiger partial charge < -0.3 is 9.80 Å². The number of likely N-dealkylation sites (tertiary alicyclic amines) is 2. The van der Waals surface area contributed by atoms with Gasteiger partial charge in [-0.25, -0.2) is 0 Å². The van der Waals surface area contributed by atoms with Crippen LogP contribution in [-0.4, -0.2) is 53.4 Å². The maximum Gasteiger partial charge on any atom is 0.227 e. The third kappa shape index (κ3) is 4.28. The molecule has 1 aromatic rings. The molecule has 1 spiro atoms. The van der Waals surface area contributed by atoms with Crippen LogP contribution in [0.25, 0.3) is 0 Å². The molecule has 1 saturated carbocycles. The fraction of sp³-hybridized carbons (Fsp3) is 0.727.